The molecule has 1 heterocycles. The predicted octanol–water partition coefficient (Wildman–Crippen LogP) is 3.76. The van der Waals surface area contributed by atoms with Gasteiger partial charge >= 0.3 is 0 Å². The van der Waals surface area contributed by atoms with Gasteiger partial charge in [-0.05, 0) is 43.9 Å². The Balaban J connectivity index is 0.00000338. The second-order valence-electron chi connectivity index (χ2n) is 5.78. The molecular formula is C19H29IN4OS. The number of nitrogens with zero attached hydrogens (tertiary/aromatic N) is 2. The second-order valence-corrected chi connectivity index (χ2v) is 6.98. The first-order valence-corrected chi connectivity index (χ1v) is 9.76. The molecule has 0 aliphatic rings. The highest BCUT2D eigenvalue weighted by atomic mass is 127. The summed E-state index contributed by atoms with van der Waals surface area (Å²) in [6.07, 6.45) is 5.89. The Morgan fingerprint density at radius 1 is 1.15 bits per heavy atom. The Labute approximate surface area is 177 Å². The molecule has 2 rings (SSSR count). The number of guanidine groups is 1. The number of aliphatic imine (C=N–C) groups is 1. The Bertz CT molecular complexity index is 658. The number of aromatic nitrogens is 1. The Morgan fingerprint density at radius 3 is 2.58 bits per heavy atom. The van der Waals surface area contributed by atoms with E-state index in [1.165, 1.54) is 15.4 Å². The number of nitrogens with one attached hydrogen (secondary N) is 2. The van der Waals surface area contributed by atoms with E-state index < -0.39 is 0 Å². The van der Waals surface area contributed by atoms with Gasteiger partial charge in [-0.15, -0.1) is 35.3 Å². The number of aryl methyl sites for hydroxylation is 2. The molecule has 0 saturated heterocycles. The quantitative estimate of drug-likeness (QED) is 0.218. The number of phenolic OH excluding ortho intramolecular Hbond substituents is 1. The minimum atomic E-state index is 0. The molecule has 0 spiro atoms. The minimum absolute atomic E-state index is 0. The number of thiazole rings is 1. The van der Waals surface area contributed by atoms with E-state index in [1.807, 2.05) is 18.3 Å². The molecule has 1 aromatic carbocycles. The molecule has 2 aromatic rings. The van der Waals surface area contributed by atoms with E-state index in [-0.39, 0.29) is 24.0 Å². The van der Waals surface area contributed by atoms with Gasteiger partial charge < -0.3 is 15.7 Å². The summed E-state index contributed by atoms with van der Waals surface area (Å²) in [6, 6.07) is 7.38. The molecule has 0 radical (unpaired) electrons. The highest BCUT2D eigenvalue weighted by molar-refractivity contribution is 14.0. The molecule has 0 aliphatic heterocycles. The third-order valence-electron chi connectivity index (χ3n) is 3.76. The summed E-state index contributed by atoms with van der Waals surface area (Å²) >= 11 is 1.79. The van der Waals surface area contributed by atoms with Gasteiger partial charge in [-0.3, -0.25) is 4.99 Å². The van der Waals surface area contributed by atoms with Crippen molar-refractivity contribution in [2.75, 3.05) is 19.6 Å². The van der Waals surface area contributed by atoms with Gasteiger partial charge in [-0.1, -0.05) is 19.1 Å². The maximum atomic E-state index is 9.30. The molecule has 3 N–H and O–H groups in total. The first-order valence-electron chi connectivity index (χ1n) is 8.95. The van der Waals surface area contributed by atoms with Crippen LogP contribution in [0.1, 0.15) is 35.7 Å². The molecule has 144 valence electrons. The molecule has 0 saturated carbocycles. The SMILES string of the molecule is CCNC(=NCCCc1ccc(O)cc1)NCCc1ncc(CC)s1.I. The molecule has 0 fully saturated rings. The van der Waals surface area contributed by atoms with Crippen molar-refractivity contribution in [3.05, 3.63) is 45.9 Å². The van der Waals surface area contributed by atoms with Crippen molar-refractivity contribution in [3.63, 3.8) is 0 Å². The Kier molecular flexibility index (Phi) is 11.3. The monoisotopic (exact) mass is 488 g/mol. The smallest absolute Gasteiger partial charge is 0.191 e. The number of halogens is 1. The normalized spacial score (nSPS) is 11.1. The zero-order chi connectivity index (χ0) is 17.9. The highest BCUT2D eigenvalue weighted by Crippen LogP contribution is 2.13. The van der Waals surface area contributed by atoms with Gasteiger partial charge in [-0.2, -0.15) is 0 Å². The summed E-state index contributed by atoms with van der Waals surface area (Å²) in [5.74, 6) is 1.17. The molecule has 0 atom stereocenters. The fraction of sp³-hybridized carbons (Fsp3) is 0.474. The fourth-order valence-electron chi connectivity index (χ4n) is 2.39. The average Bonchev–Trinajstić information content (AvgIpc) is 3.08. The van der Waals surface area contributed by atoms with Gasteiger partial charge in [0.15, 0.2) is 5.96 Å². The summed E-state index contributed by atoms with van der Waals surface area (Å²) < 4.78 is 0. The van der Waals surface area contributed by atoms with Crippen molar-refractivity contribution in [2.45, 2.75) is 39.5 Å². The van der Waals surface area contributed by atoms with Gasteiger partial charge in [0.1, 0.15) is 5.75 Å². The number of rotatable bonds is 9. The van der Waals surface area contributed by atoms with Crippen LogP contribution < -0.4 is 10.6 Å². The predicted molar refractivity (Wildman–Crippen MR) is 121 cm³/mol. The van der Waals surface area contributed by atoms with Gasteiger partial charge in [-0.25, -0.2) is 4.98 Å². The standard InChI is InChI=1S/C19H28N4OS.HI/c1-3-17-14-23-18(25-17)11-13-22-19(20-4-2)21-12-5-6-15-7-9-16(24)10-8-15;/h7-10,14,24H,3-6,11-13H2,1-2H3,(H2,20,21,22);1H. The first-order chi connectivity index (χ1) is 12.2. The maximum absolute atomic E-state index is 9.30. The third kappa shape index (κ3) is 8.35. The highest BCUT2D eigenvalue weighted by Gasteiger charge is 2.02. The van der Waals surface area contributed by atoms with Crippen LogP contribution in [0.4, 0.5) is 0 Å². The lowest BCUT2D eigenvalue weighted by Crippen LogP contribution is -2.38. The van der Waals surface area contributed by atoms with Crippen LogP contribution >= 0.6 is 35.3 Å². The molecule has 0 aliphatic carbocycles. The maximum Gasteiger partial charge on any atom is 0.191 e. The van der Waals surface area contributed by atoms with Gasteiger partial charge in [0.05, 0.1) is 5.01 Å². The van der Waals surface area contributed by atoms with Crippen molar-refractivity contribution in [2.24, 2.45) is 4.99 Å². The summed E-state index contributed by atoms with van der Waals surface area (Å²) in [4.78, 5) is 10.4. The van der Waals surface area contributed by atoms with Crippen molar-refractivity contribution < 1.29 is 5.11 Å². The van der Waals surface area contributed by atoms with Crippen LogP contribution in [0.3, 0.4) is 0 Å². The van der Waals surface area contributed by atoms with E-state index in [0.717, 1.165) is 51.3 Å². The number of aromatic hydroxyl groups is 1. The summed E-state index contributed by atoms with van der Waals surface area (Å²) in [5, 5.41) is 17.1. The van der Waals surface area contributed by atoms with Crippen molar-refractivity contribution in [3.8, 4) is 5.75 Å². The van der Waals surface area contributed by atoms with Crippen LogP contribution in [0, 0.1) is 0 Å². The lowest BCUT2D eigenvalue weighted by Gasteiger charge is -2.10. The molecule has 0 unspecified atom stereocenters. The summed E-state index contributed by atoms with van der Waals surface area (Å²) in [5.41, 5.74) is 1.22. The van der Waals surface area contributed by atoms with E-state index >= 15 is 0 Å². The number of hydrogen-bond donors (Lipinski definition) is 3. The summed E-state index contributed by atoms with van der Waals surface area (Å²) in [7, 11) is 0. The zero-order valence-corrected chi connectivity index (χ0v) is 18.6. The number of hydrogen-bond acceptors (Lipinski definition) is 4. The van der Waals surface area contributed by atoms with E-state index in [9.17, 15) is 5.11 Å². The van der Waals surface area contributed by atoms with Crippen molar-refractivity contribution in [1.82, 2.24) is 15.6 Å². The van der Waals surface area contributed by atoms with Gasteiger partial charge in [0.25, 0.3) is 0 Å². The fourth-order valence-corrected chi connectivity index (χ4v) is 3.26. The lowest BCUT2D eigenvalue weighted by atomic mass is 10.1. The zero-order valence-electron chi connectivity index (χ0n) is 15.5. The molecule has 26 heavy (non-hydrogen) atoms. The van der Waals surface area contributed by atoms with Crippen molar-refractivity contribution >= 4 is 41.3 Å². The summed E-state index contributed by atoms with van der Waals surface area (Å²) in [6.45, 7) is 6.68. The van der Waals surface area contributed by atoms with Crippen LogP contribution in [0.5, 0.6) is 5.75 Å². The van der Waals surface area contributed by atoms with E-state index in [2.05, 4.69) is 34.5 Å². The molecular weight excluding hydrogens is 459 g/mol. The Morgan fingerprint density at radius 2 is 1.92 bits per heavy atom. The van der Waals surface area contributed by atoms with Crippen molar-refractivity contribution in [1.29, 1.82) is 0 Å². The van der Waals surface area contributed by atoms with Crippen LogP contribution in [-0.4, -0.2) is 35.7 Å². The molecule has 1 aromatic heterocycles. The minimum Gasteiger partial charge on any atom is -0.508 e. The van der Waals surface area contributed by atoms with Crippen LogP contribution in [0.15, 0.2) is 35.5 Å². The van der Waals surface area contributed by atoms with Gasteiger partial charge in [0, 0.05) is 37.1 Å². The molecule has 5 nitrogen and oxygen atoms in total. The number of phenols is 1. The van der Waals surface area contributed by atoms with Crippen LogP contribution in [0.2, 0.25) is 0 Å². The largest absolute Gasteiger partial charge is 0.508 e. The second kappa shape index (κ2) is 12.9. The molecule has 0 bridgehead atoms. The van der Waals surface area contributed by atoms with Gasteiger partial charge in [0.2, 0.25) is 0 Å². The van der Waals surface area contributed by atoms with E-state index in [0.29, 0.717) is 5.75 Å². The topological polar surface area (TPSA) is 69.5 Å². The average molecular weight is 488 g/mol. The third-order valence-corrected chi connectivity index (χ3v) is 4.96. The van der Waals surface area contributed by atoms with E-state index in [1.54, 1.807) is 23.5 Å². The molecule has 7 heteroatoms. The van der Waals surface area contributed by atoms with E-state index in [4.69, 9.17) is 0 Å². The molecule has 0 amide bonds. The first kappa shape index (κ1) is 22.7. The lowest BCUT2D eigenvalue weighted by molar-refractivity contribution is 0.475. The number of benzene rings is 1. The van der Waals surface area contributed by atoms with Crippen LogP contribution in [0.25, 0.3) is 0 Å². The Hall–Kier alpha value is -1.35. The van der Waals surface area contributed by atoms with Crippen LogP contribution in [-0.2, 0) is 19.3 Å².